The maximum atomic E-state index is 12.2. The van der Waals surface area contributed by atoms with Gasteiger partial charge in [-0.25, -0.2) is 0 Å². The van der Waals surface area contributed by atoms with E-state index in [0.717, 1.165) is 0 Å². The van der Waals surface area contributed by atoms with E-state index in [0.29, 0.717) is 10.7 Å². The number of aliphatic carboxylic acids is 1. The predicted octanol–water partition coefficient (Wildman–Crippen LogP) is 0.253. The molecular weight excluding hydrogens is 675 g/mol. The van der Waals surface area contributed by atoms with Crippen LogP contribution < -0.4 is 16.0 Å². The van der Waals surface area contributed by atoms with Crippen LogP contribution in [0.4, 0.5) is 0 Å². The normalized spacial score (nSPS) is 10.0. The van der Waals surface area contributed by atoms with E-state index in [-0.39, 0.29) is 17.9 Å². The van der Waals surface area contributed by atoms with E-state index < -0.39 is 36.8 Å². The van der Waals surface area contributed by atoms with Gasteiger partial charge in [-0.2, -0.15) is 0 Å². The van der Waals surface area contributed by atoms with Crippen LogP contribution in [0.5, 0.6) is 5.75 Å². The van der Waals surface area contributed by atoms with Crippen molar-refractivity contribution in [3.05, 3.63) is 22.3 Å². The van der Waals surface area contributed by atoms with Crippen LogP contribution in [0.15, 0.2) is 6.07 Å². The zero-order valence-corrected chi connectivity index (χ0v) is 18.8. The first-order chi connectivity index (χ1) is 11.6. The molecule has 3 amide bonds. The Morgan fingerprint density at radius 1 is 0.880 bits per heavy atom. The fourth-order valence-electron chi connectivity index (χ4n) is 1.52. The van der Waals surface area contributed by atoms with Gasteiger partial charge >= 0.3 is 5.97 Å². The number of benzene rings is 1. The van der Waals surface area contributed by atoms with E-state index in [9.17, 15) is 24.3 Å². The lowest BCUT2D eigenvalue weighted by atomic mass is 10.2. The largest absolute Gasteiger partial charge is 0.506 e. The average Bonchev–Trinajstić information content (AvgIpc) is 2.54. The van der Waals surface area contributed by atoms with Crippen molar-refractivity contribution in [3.8, 4) is 5.75 Å². The third-order valence-corrected chi connectivity index (χ3v) is 5.39. The first kappa shape index (κ1) is 22.1. The minimum Gasteiger partial charge on any atom is -0.506 e. The molecule has 0 aliphatic heterocycles. The Morgan fingerprint density at radius 2 is 1.40 bits per heavy atom. The number of amides is 3. The number of phenols is 1. The van der Waals surface area contributed by atoms with Gasteiger partial charge in [-0.05, 0) is 73.8 Å². The summed E-state index contributed by atoms with van der Waals surface area (Å²) in [4.78, 5) is 45.4. The van der Waals surface area contributed by atoms with Gasteiger partial charge in [-0.1, -0.05) is 0 Å². The average molecular weight is 687 g/mol. The number of rotatable bonds is 7. The van der Waals surface area contributed by atoms with Gasteiger partial charge in [0.2, 0.25) is 11.8 Å². The van der Waals surface area contributed by atoms with Crippen LogP contribution in [-0.2, 0) is 14.4 Å². The van der Waals surface area contributed by atoms with Crippen LogP contribution >= 0.6 is 67.8 Å². The minimum absolute atomic E-state index is 0.00804. The summed E-state index contributed by atoms with van der Waals surface area (Å²) in [6, 6.07) is 1.64. The summed E-state index contributed by atoms with van der Waals surface area (Å²) in [7, 11) is 0. The summed E-state index contributed by atoms with van der Waals surface area (Å²) in [5.74, 6) is -3.01. The van der Waals surface area contributed by atoms with E-state index in [1.807, 2.05) is 67.8 Å². The summed E-state index contributed by atoms with van der Waals surface area (Å²) >= 11 is 5.75. The first-order valence-corrected chi connectivity index (χ1v) is 9.77. The number of halogens is 3. The Balaban J connectivity index is 2.54. The molecule has 12 heteroatoms. The number of aromatic hydroxyl groups is 1. The number of phenolic OH excluding ortho intramolecular Hbond substituents is 1. The molecule has 9 nitrogen and oxygen atoms in total. The SMILES string of the molecule is O=C(O)CNC(=O)CNC(=O)CNC(=O)c1c(I)cc(I)c(O)c1I. The molecule has 0 saturated carbocycles. The highest BCUT2D eigenvalue weighted by Crippen LogP contribution is 2.32. The third kappa shape index (κ3) is 7.08. The maximum absolute atomic E-state index is 12.2. The lowest BCUT2D eigenvalue weighted by molar-refractivity contribution is -0.137. The fourth-order valence-corrected chi connectivity index (χ4v) is 5.38. The summed E-state index contributed by atoms with van der Waals surface area (Å²) in [6.45, 7) is -1.32. The molecule has 136 valence electrons. The molecule has 0 aliphatic carbocycles. The van der Waals surface area contributed by atoms with Crippen molar-refractivity contribution in [1.82, 2.24) is 16.0 Å². The van der Waals surface area contributed by atoms with Crippen molar-refractivity contribution in [2.75, 3.05) is 19.6 Å². The maximum Gasteiger partial charge on any atom is 0.322 e. The summed E-state index contributed by atoms with van der Waals surface area (Å²) in [5, 5.41) is 25.0. The molecule has 25 heavy (non-hydrogen) atoms. The summed E-state index contributed by atoms with van der Waals surface area (Å²) < 4.78 is 1.60. The second-order valence-corrected chi connectivity index (χ2v) is 7.91. The Kier molecular flexibility index (Phi) is 9.11. The molecule has 0 aliphatic rings. The highest BCUT2D eigenvalue weighted by atomic mass is 127. The topological polar surface area (TPSA) is 145 Å². The van der Waals surface area contributed by atoms with Gasteiger partial charge in [0.25, 0.3) is 5.91 Å². The molecule has 0 atom stereocenters. The van der Waals surface area contributed by atoms with E-state index in [1.54, 1.807) is 6.07 Å². The van der Waals surface area contributed by atoms with E-state index >= 15 is 0 Å². The molecule has 1 rings (SSSR count). The lowest BCUT2D eigenvalue weighted by Crippen LogP contribution is -2.43. The quantitative estimate of drug-likeness (QED) is 0.261. The molecule has 0 heterocycles. The number of nitrogens with one attached hydrogen (secondary N) is 3. The molecule has 1 aromatic rings. The molecule has 0 bridgehead atoms. The number of carboxylic acid groups (broad SMARTS) is 1. The molecule has 5 N–H and O–H groups in total. The molecule has 0 radical (unpaired) electrons. The van der Waals surface area contributed by atoms with Crippen molar-refractivity contribution in [2.45, 2.75) is 0 Å². The fraction of sp³-hybridized carbons (Fsp3) is 0.231. The number of hydrogen-bond donors (Lipinski definition) is 5. The summed E-state index contributed by atoms with van der Waals surface area (Å²) in [5.41, 5.74) is 0.256. The molecule has 0 saturated heterocycles. The number of carbonyl (C=O) groups excluding carboxylic acids is 3. The van der Waals surface area contributed by atoms with Gasteiger partial charge in [0, 0.05) is 3.57 Å². The van der Waals surface area contributed by atoms with Gasteiger partial charge < -0.3 is 26.2 Å². The van der Waals surface area contributed by atoms with Crippen LogP contribution in [-0.4, -0.2) is 53.5 Å². The predicted molar refractivity (Wildman–Crippen MR) is 112 cm³/mol. The highest BCUT2D eigenvalue weighted by Gasteiger charge is 2.20. The Morgan fingerprint density at radius 3 is 1.96 bits per heavy atom. The van der Waals surface area contributed by atoms with Gasteiger partial charge in [0.15, 0.2) is 0 Å². The smallest absolute Gasteiger partial charge is 0.322 e. The van der Waals surface area contributed by atoms with E-state index in [4.69, 9.17) is 5.11 Å². The van der Waals surface area contributed by atoms with Crippen LogP contribution in [0.2, 0.25) is 0 Å². The molecule has 1 aromatic carbocycles. The molecular formula is C13H12I3N3O6. The Bertz CT molecular complexity index is 725. The van der Waals surface area contributed by atoms with Crippen molar-refractivity contribution in [2.24, 2.45) is 0 Å². The van der Waals surface area contributed by atoms with Gasteiger partial charge in [-0.3, -0.25) is 19.2 Å². The second kappa shape index (κ2) is 10.3. The third-order valence-electron chi connectivity index (χ3n) is 2.67. The van der Waals surface area contributed by atoms with E-state index in [2.05, 4.69) is 16.0 Å². The van der Waals surface area contributed by atoms with Crippen LogP contribution in [0, 0.1) is 10.7 Å². The molecule has 0 spiro atoms. The molecule has 0 aromatic heterocycles. The second-order valence-electron chi connectivity index (χ2n) is 4.51. The Labute approximate surface area is 183 Å². The van der Waals surface area contributed by atoms with Crippen LogP contribution in [0.3, 0.4) is 0 Å². The van der Waals surface area contributed by atoms with Gasteiger partial charge in [0.1, 0.15) is 12.3 Å². The van der Waals surface area contributed by atoms with Gasteiger partial charge in [-0.15, -0.1) is 0 Å². The first-order valence-electron chi connectivity index (χ1n) is 6.53. The molecule has 0 unspecified atom stereocenters. The van der Waals surface area contributed by atoms with Crippen molar-refractivity contribution < 1.29 is 29.4 Å². The number of carboxylic acids is 1. The highest BCUT2D eigenvalue weighted by molar-refractivity contribution is 14.1. The monoisotopic (exact) mass is 687 g/mol. The zero-order valence-electron chi connectivity index (χ0n) is 12.4. The number of hydrogen-bond acceptors (Lipinski definition) is 5. The standard InChI is InChI=1S/C13H12I3N3O6/c14-5-1-6(15)12(24)11(16)10(5)13(25)19-3-8(21)17-2-7(20)18-4-9(22)23/h1,24H,2-4H2,(H,17,21)(H,18,20)(H,19,25)(H,22,23). The van der Waals surface area contributed by atoms with Gasteiger partial charge in [0.05, 0.1) is 25.8 Å². The summed E-state index contributed by atoms with van der Waals surface area (Å²) in [6.07, 6.45) is 0. The minimum atomic E-state index is -1.20. The lowest BCUT2D eigenvalue weighted by Gasteiger charge is -2.11. The Hall–Kier alpha value is -0.910. The zero-order chi connectivity index (χ0) is 19.1. The molecule has 0 fully saturated rings. The van der Waals surface area contributed by atoms with Crippen LogP contribution in [0.25, 0.3) is 0 Å². The van der Waals surface area contributed by atoms with Crippen molar-refractivity contribution in [1.29, 1.82) is 0 Å². The van der Waals surface area contributed by atoms with E-state index in [1.165, 1.54) is 0 Å². The van der Waals surface area contributed by atoms with Crippen LogP contribution in [0.1, 0.15) is 10.4 Å². The van der Waals surface area contributed by atoms with Crippen molar-refractivity contribution in [3.63, 3.8) is 0 Å². The van der Waals surface area contributed by atoms with Crippen molar-refractivity contribution >= 4 is 91.5 Å². The number of carbonyl (C=O) groups is 4.